The van der Waals surface area contributed by atoms with Crippen molar-refractivity contribution in [2.75, 3.05) is 12.0 Å². The summed E-state index contributed by atoms with van der Waals surface area (Å²) in [5.41, 5.74) is 10.9. The average molecular weight is 289 g/mol. The van der Waals surface area contributed by atoms with Crippen molar-refractivity contribution >= 4 is 0 Å². The van der Waals surface area contributed by atoms with Crippen LogP contribution in [0.2, 0.25) is 0 Å². The van der Waals surface area contributed by atoms with Gasteiger partial charge in [0.2, 0.25) is 0 Å². The van der Waals surface area contributed by atoms with Gasteiger partial charge in [-0.25, -0.2) is 9.66 Å². The number of hydrogen-bond acceptors (Lipinski definition) is 2. The predicted molar refractivity (Wildman–Crippen MR) is 90.5 cm³/mol. The summed E-state index contributed by atoms with van der Waals surface area (Å²) in [6.07, 6.45) is 2.95. The van der Waals surface area contributed by atoms with Crippen LogP contribution in [0.5, 0.6) is 0 Å². The van der Waals surface area contributed by atoms with Gasteiger partial charge in [-0.15, -0.1) is 0 Å². The smallest absolute Gasteiger partial charge is 0.129 e. The summed E-state index contributed by atoms with van der Waals surface area (Å²) in [4.78, 5) is 4.48. The Hall–Kier alpha value is -2.55. The molecule has 3 nitrogen and oxygen atoms in total. The molecular formula is C19H19N3. The van der Waals surface area contributed by atoms with Gasteiger partial charge in [0.05, 0.1) is 11.9 Å². The molecule has 1 N–H and O–H groups in total. The number of rotatable bonds is 2. The van der Waals surface area contributed by atoms with E-state index >= 15 is 0 Å². The molecule has 2 heterocycles. The highest BCUT2D eigenvalue weighted by Gasteiger charge is 2.16. The van der Waals surface area contributed by atoms with E-state index in [2.05, 4.69) is 71.4 Å². The lowest BCUT2D eigenvalue weighted by molar-refractivity contribution is 0.943. The van der Waals surface area contributed by atoms with E-state index in [-0.39, 0.29) is 0 Å². The van der Waals surface area contributed by atoms with E-state index in [0.29, 0.717) is 0 Å². The van der Waals surface area contributed by atoms with Gasteiger partial charge < -0.3 is 5.43 Å². The minimum Gasteiger partial charge on any atom is -0.324 e. The van der Waals surface area contributed by atoms with Crippen LogP contribution < -0.4 is 5.43 Å². The van der Waals surface area contributed by atoms with Crippen molar-refractivity contribution in [1.29, 1.82) is 0 Å². The SMILES string of the molecule is Cc1ccc(-c2ccc(-c3cnc4n3NCC4)cc2)cc1C. The molecule has 4 rings (SSSR count). The van der Waals surface area contributed by atoms with Crippen LogP contribution in [0.3, 0.4) is 0 Å². The lowest BCUT2D eigenvalue weighted by atomic mass is 9.99. The van der Waals surface area contributed by atoms with Crippen molar-refractivity contribution < 1.29 is 0 Å². The van der Waals surface area contributed by atoms with Crippen LogP contribution in [-0.4, -0.2) is 16.2 Å². The molecule has 0 bridgehead atoms. The Bertz CT molecular complexity index is 828. The first-order valence-electron chi connectivity index (χ1n) is 7.71. The van der Waals surface area contributed by atoms with E-state index in [4.69, 9.17) is 0 Å². The topological polar surface area (TPSA) is 29.9 Å². The van der Waals surface area contributed by atoms with Crippen molar-refractivity contribution in [2.24, 2.45) is 0 Å². The number of benzene rings is 2. The Morgan fingerprint density at radius 1 is 0.909 bits per heavy atom. The molecule has 1 aliphatic heterocycles. The molecule has 22 heavy (non-hydrogen) atoms. The quantitative estimate of drug-likeness (QED) is 0.774. The molecule has 0 saturated carbocycles. The summed E-state index contributed by atoms with van der Waals surface area (Å²) in [6.45, 7) is 5.28. The van der Waals surface area contributed by atoms with Gasteiger partial charge in [-0.2, -0.15) is 0 Å². The fourth-order valence-electron chi connectivity index (χ4n) is 2.98. The second-order valence-corrected chi connectivity index (χ2v) is 5.93. The Labute approximate surface area is 130 Å². The molecule has 1 aliphatic rings. The van der Waals surface area contributed by atoms with E-state index in [1.165, 1.54) is 27.8 Å². The van der Waals surface area contributed by atoms with Gasteiger partial charge in [0.1, 0.15) is 5.82 Å². The van der Waals surface area contributed by atoms with Crippen LogP contribution in [0.15, 0.2) is 48.7 Å². The van der Waals surface area contributed by atoms with Crippen LogP contribution in [0.1, 0.15) is 17.0 Å². The van der Waals surface area contributed by atoms with E-state index in [1.807, 2.05) is 6.20 Å². The van der Waals surface area contributed by atoms with E-state index < -0.39 is 0 Å². The third-order valence-corrected chi connectivity index (χ3v) is 4.47. The number of nitrogens with one attached hydrogen (secondary N) is 1. The van der Waals surface area contributed by atoms with E-state index in [1.54, 1.807) is 0 Å². The number of aryl methyl sites for hydroxylation is 2. The third-order valence-electron chi connectivity index (χ3n) is 4.47. The maximum absolute atomic E-state index is 4.48. The number of hydrogen-bond donors (Lipinski definition) is 1. The average Bonchev–Trinajstić information content (AvgIpc) is 3.13. The minimum absolute atomic E-state index is 0.969. The number of aromatic nitrogens is 2. The first-order valence-corrected chi connectivity index (χ1v) is 7.71. The fraction of sp³-hybridized carbons (Fsp3) is 0.211. The van der Waals surface area contributed by atoms with Crippen molar-refractivity contribution in [1.82, 2.24) is 9.66 Å². The molecule has 0 unspecified atom stereocenters. The largest absolute Gasteiger partial charge is 0.324 e. The Balaban J connectivity index is 1.69. The standard InChI is InChI=1S/C19H19N3/c1-13-3-4-17(11-14(13)2)15-5-7-16(8-6-15)18-12-20-19-9-10-21-22(18)19/h3-8,11-12,21H,9-10H2,1-2H3. The van der Waals surface area contributed by atoms with Gasteiger partial charge in [-0.05, 0) is 36.1 Å². The molecule has 1 aromatic heterocycles. The maximum Gasteiger partial charge on any atom is 0.129 e. The summed E-state index contributed by atoms with van der Waals surface area (Å²) in [7, 11) is 0. The summed E-state index contributed by atoms with van der Waals surface area (Å²) in [5, 5.41) is 0. The highest BCUT2D eigenvalue weighted by molar-refractivity contribution is 5.70. The highest BCUT2D eigenvalue weighted by atomic mass is 15.5. The Morgan fingerprint density at radius 2 is 1.64 bits per heavy atom. The summed E-state index contributed by atoms with van der Waals surface area (Å²) in [5.74, 6) is 1.12. The zero-order valence-electron chi connectivity index (χ0n) is 12.9. The fourth-order valence-corrected chi connectivity index (χ4v) is 2.98. The molecule has 0 atom stereocenters. The van der Waals surface area contributed by atoms with E-state index in [9.17, 15) is 0 Å². The molecule has 0 saturated heterocycles. The van der Waals surface area contributed by atoms with Crippen molar-refractivity contribution in [3.63, 3.8) is 0 Å². The van der Waals surface area contributed by atoms with E-state index in [0.717, 1.165) is 24.5 Å². The van der Waals surface area contributed by atoms with Crippen LogP contribution >= 0.6 is 0 Å². The van der Waals surface area contributed by atoms with Gasteiger partial charge >= 0.3 is 0 Å². The van der Waals surface area contributed by atoms with Crippen LogP contribution in [0, 0.1) is 13.8 Å². The van der Waals surface area contributed by atoms with Crippen LogP contribution in [-0.2, 0) is 6.42 Å². The van der Waals surface area contributed by atoms with Gasteiger partial charge in [0.25, 0.3) is 0 Å². The summed E-state index contributed by atoms with van der Waals surface area (Å²) in [6, 6.07) is 15.4. The molecule has 0 fully saturated rings. The molecule has 0 aliphatic carbocycles. The van der Waals surface area contributed by atoms with Crippen molar-refractivity contribution in [2.45, 2.75) is 20.3 Å². The van der Waals surface area contributed by atoms with Crippen LogP contribution in [0.4, 0.5) is 0 Å². The molecule has 3 heteroatoms. The molecular weight excluding hydrogens is 270 g/mol. The lowest BCUT2D eigenvalue weighted by Gasteiger charge is -2.09. The summed E-state index contributed by atoms with van der Waals surface area (Å²) < 4.78 is 2.10. The molecule has 3 aromatic rings. The maximum atomic E-state index is 4.48. The van der Waals surface area contributed by atoms with Gasteiger partial charge in [0, 0.05) is 18.5 Å². The molecule has 0 spiro atoms. The zero-order valence-corrected chi connectivity index (χ0v) is 12.9. The molecule has 2 aromatic carbocycles. The predicted octanol–water partition coefficient (Wildman–Crippen LogP) is 3.93. The third kappa shape index (κ3) is 2.10. The lowest BCUT2D eigenvalue weighted by Crippen LogP contribution is -2.08. The second-order valence-electron chi connectivity index (χ2n) is 5.93. The summed E-state index contributed by atoms with van der Waals surface area (Å²) >= 11 is 0. The minimum atomic E-state index is 0.969. The second kappa shape index (κ2) is 5.02. The van der Waals surface area contributed by atoms with Crippen molar-refractivity contribution in [3.05, 3.63) is 65.6 Å². The van der Waals surface area contributed by atoms with Gasteiger partial charge in [-0.1, -0.05) is 42.5 Å². The monoisotopic (exact) mass is 289 g/mol. The highest BCUT2D eigenvalue weighted by Crippen LogP contribution is 2.27. The first kappa shape index (κ1) is 13.1. The Morgan fingerprint density at radius 3 is 2.41 bits per heavy atom. The number of fused-ring (bicyclic) bond motifs is 1. The Kier molecular flexibility index (Phi) is 3.00. The number of imidazole rings is 1. The van der Waals surface area contributed by atoms with Gasteiger partial charge in [-0.3, -0.25) is 0 Å². The molecule has 110 valence electrons. The number of nitrogens with zero attached hydrogens (tertiary/aromatic N) is 2. The van der Waals surface area contributed by atoms with Gasteiger partial charge in [0.15, 0.2) is 0 Å². The van der Waals surface area contributed by atoms with Crippen molar-refractivity contribution in [3.8, 4) is 22.4 Å². The zero-order chi connectivity index (χ0) is 15.1. The normalized spacial score (nSPS) is 13.0. The van der Waals surface area contributed by atoms with Crippen LogP contribution in [0.25, 0.3) is 22.4 Å². The molecule has 0 radical (unpaired) electrons. The molecule has 0 amide bonds. The first-order chi connectivity index (χ1) is 10.7.